The van der Waals surface area contributed by atoms with Crippen LogP contribution in [0.15, 0.2) is 0 Å². The van der Waals surface area contributed by atoms with Crippen LogP contribution in [0.25, 0.3) is 0 Å². The molecule has 114 valence electrons. The van der Waals surface area contributed by atoms with E-state index in [0.29, 0.717) is 12.5 Å². The topological polar surface area (TPSA) is 41.1 Å². The summed E-state index contributed by atoms with van der Waals surface area (Å²) in [4.78, 5) is 11.5. The summed E-state index contributed by atoms with van der Waals surface area (Å²) in [5, 5.41) is 6.42. The maximum Gasteiger partial charge on any atom is 0.219 e. The maximum atomic E-state index is 11.5. The van der Waals surface area contributed by atoms with Crippen molar-refractivity contribution in [1.82, 2.24) is 10.6 Å². The third-order valence-corrected chi connectivity index (χ3v) is 3.24. The van der Waals surface area contributed by atoms with Gasteiger partial charge in [-0.05, 0) is 25.8 Å². The van der Waals surface area contributed by atoms with Gasteiger partial charge in [-0.2, -0.15) is 0 Å². The van der Waals surface area contributed by atoms with E-state index >= 15 is 0 Å². The molecule has 0 fully saturated rings. The summed E-state index contributed by atoms with van der Waals surface area (Å²) < 4.78 is 0. The first kappa shape index (κ1) is 18.4. The molecule has 0 radical (unpaired) electrons. The zero-order chi connectivity index (χ0) is 14.3. The molecule has 0 aliphatic rings. The second-order valence-electron chi connectivity index (χ2n) is 5.68. The van der Waals surface area contributed by atoms with Crippen LogP contribution in [-0.2, 0) is 4.79 Å². The van der Waals surface area contributed by atoms with E-state index in [-0.39, 0.29) is 5.91 Å². The standard InChI is InChI=1S/C16H34N2O/c1-4-5-10-14-18-16(19)12-9-7-6-8-11-13-17-15(2)3/h15,17H,4-14H2,1-3H3,(H,18,19). The molecular formula is C16H34N2O. The first-order chi connectivity index (χ1) is 9.16. The van der Waals surface area contributed by atoms with Crippen molar-refractivity contribution in [2.24, 2.45) is 0 Å². The minimum atomic E-state index is 0.234. The largest absolute Gasteiger partial charge is 0.356 e. The molecule has 0 aliphatic heterocycles. The average molecular weight is 270 g/mol. The monoisotopic (exact) mass is 270 g/mol. The zero-order valence-electron chi connectivity index (χ0n) is 13.3. The Morgan fingerprint density at radius 3 is 2.21 bits per heavy atom. The van der Waals surface area contributed by atoms with E-state index in [1.54, 1.807) is 0 Å². The van der Waals surface area contributed by atoms with Crippen molar-refractivity contribution in [2.45, 2.75) is 84.6 Å². The number of carbonyl (C=O) groups is 1. The van der Waals surface area contributed by atoms with E-state index in [0.717, 1.165) is 25.9 Å². The molecule has 1 amide bonds. The first-order valence-electron chi connectivity index (χ1n) is 8.17. The summed E-state index contributed by atoms with van der Waals surface area (Å²) in [6.45, 7) is 8.51. The molecule has 0 saturated heterocycles. The molecule has 0 aromatic heterocycles. The Morgan fingerprint density at radius 2 is 1.53 bits per heavy atom. The van der Waals surface area contributed by atoms with Crippen molar-refractivity contribution >= 4 is 5.91 Å². The second kappa shape index (κ2) is 13.9. The highest BCUT2D eigenvalue weighted by Gasteiger charge is 2.00. The third kappa shape index (κ3) is 15.4. The molecule has 0 aromatic carbocycles. The maximum absolute atomic E-state index is 11.5. The Morgan fingerprint density at radius 1 is 0.895 bits per heavy atom. The Bertz CT molecular complexity index is 205. The third-order valence-electron chi connectivity index (χ3n) is 3.24. The molecule has 0 unspecified atom stereocenters. The van der Waals surface area contributed by atoms with E-state index in [1.807, 2.05) is 0 Å². The summed E-state index contributed by atoms with van der Waals surface area (Å²) in [6.07, 6.45) is 10.2. The van der Waals surface area contributed by atoms with Gasteiger partial charge in [-0.25, -0.2) is 0 Å². The second-order valence-corrected chi connectivity index (χ2v) is 5.68. The quantitative estimate of drug-likeness (QED) is 0.502. The summed E-state index contributed by atoms with van der Waals surface area (Å²) >= 11 is 0. The van der Waals surface area contributed by atoms with Gasteiger partial charge in [0.2, 0.25) is 5.91 Å². The summed E-state index contributed by atoms with van der Waals surface area (Å²) in [7, 11) is 0. The highest BCUT2D eigenvalue weighted by atomic mass is 16.1. The number of unbranched alkanes of at least 4 members (excludes halogenated alkanes) is 6. The molecule has 3 heteroatoms. The summed E-state index contributed by atoms with van der Waals surface area (Å²) in [5.41, 5.74) is 0. The highest BCUT2D eigenvalue weighted by Crippen LogP contribution is 2.05. The molecule has 0 saturated carbocycles. The van der Waals surface area contributed by atoms with E-state index in [9.17, 15) is 4.79 Å². The van der Waals surface area contributed by atoms with Crippen LogP contribution in [0.5, 0.6) is 0 Å². The molecule has 0 aromatic rings. The van der Waals surface area contributed by atoms with Crippen LogP contribution < -0.4 is 10.6 Å². The van der Waals surface area contributed by atoms with Crippen molar-refractivity contribution in [2.75, 3.05) is 13.1 Å². The molecule has 0 bridgehead atoms. The lowest BCUT2D eigenvalue weighted by molar-refractivity contribution is -0.121. The van der Waals surface area contributed by atoms with Crippen LogP contribution >= 0.6 is 0 Å². The molecule has 0 aliphatic carbocycles. The van der Waals surface area contributed by atoms with Crippen LogP contribution in [0.4, 0.5) is 0 Å². The molecule has 19 heavy (non-hydrogen) atoms. The van der Waals surface area contributed by atoms with Gasteiger partial charge in [0.05, 0.1) is 0 Å². The fourth-order valence-electron chi connectivity index (χ4n) is 2.02. The Hall–Kier alpha value is -0.570. The Labute approximate surface area is 119 Å². The number of hydrogen-bond donors (Lipinski definition) is 2. The molecule has 0 spiro atoms. The lowest BCUT2D eigenvalue weighted by atomic mass is 10.1. The van der Waals surface area contributed by atoms with Crippen molar-refractivity contribution in [3.05, 3.63) is 0 Å². The number of amides is 1. The first-order valence-corrected chi connectivity index (χ1v) is 8.17. The van der Waals surface area contributed by atoms with E-state index in [1.165, 1.54) is 38.5 Å². The summed E-state index contributed by atoms with van der Waals surface area (Å²) in [5.74, 6) is 0.234. The molecule has 0 heterocycles. The Balaban J connectivity index is 3.14. The van der Waals surface area contributed by atoms with E-state index < -0.39 is 0 Å². The van der Waals surface area contributed by atoms with Crippen molar-refractivity contribution in [1.29, 1.82) is 0 Å². The van der Waals surface area contributed by atoms with Gasteiger partial charge >= 0.3 is 0 Å². The van der Waals surface area contributed by atoms with Crippen LogP contribution in [0.1, 0.15) is 78.6 Å². The van der Waals surface area contributed by atoms with Gasteiger partial charge in [0.1, 0.15) is 0 Å². The molecule has 0 atom stereocenters. The zero-order valence-corrected chi connectivity index (χ0v) is 13.3. The summed E-state index contributed by atoms with van der Waals surface area (Å²) in [6, 6.07) is 0.594. The predicted octanol–water partition coefficient (Wildman–Crippen LogP) is 3.63. The van der Waals surface area contributed by atoms with Gasteiger partial charge in [0.15, 0.2) is 0 Å². The van der Waals surface area contributed by atoms with Crippen LogP contribution in [0.2, 0.25) is 0 Å². The van der Waals surface area contributed by atoms with Gasteiger partial charge in [-0.3, -0.25) is 4.79 Å². The van der Waals surface area contributed by atoms with Crippen LogP contribution in [0, 0.1) is 0 Å². The highest BCUT2D eigenvalue weighted by molar-refractivity contribution is 5.75. The number of carbonyl (C=O) groups excluding carboxylic acids is 1. The average Bonchev–Trinajstić information content (AvgIpc) is 2.37. The number of rotatable bonds is 13. The van der Waals surface area contributed by atoms with Gasteiger partial charge in [0, 0.05) is 19.0 Å². The lowest BCUT2D eigenvalue weighted by Gasteiger charge is -2.07. The van der Waals surface area contributed by atoms with Crippen LogP contribution in [0.3, 0.4) is 0 Å². The van der Waals surface area contributed by atoms with Gasteiger partial charge in [-0.15, -0.1) is 0 Å². The minimum Gasteiger partial charge on any atom is -0.356 e. The smallest absolute Gasteiger partial charge is 0.219 e. The van der Waals surface area contributed by atoms with Crippen molar-refractivity contribution < 1.29 is 4.79 Å². The molecule has 3 nitrogen and oxygen atoms in total. The van der Waals surface area contributed by atoms with Gasteiger partial charge in [0.25, 0.3) is 0 Å². The lowest BCUT2D eigenvalue weighted by Crippen LogP contribution is -2.24. The SMILES string of the molecule is CCCCCNC(=O)CCCCCCCNC(C)C. The number of nitrogens with one attached hydrogen (secondary N) is 2. The minimum absolute atomic E-state index is 0.234. The van der Waals surface area contributed by atoms with Crippen LogP contribution in [-0.4, -0.2) is 25.0 Å². The molecule has 2 N–H and O–H groups in total. The van der Waals surface area contributed by atoms with Gasteiger partial charge in [-0.1, -0.05) is 52.9 Å². The van der Waals surface area contributed by atoms with Gasteiger partial charge < -0.3 is 10.6 Å². The fourth-order valence-corrected chi connectivity index (χ4v) is 2.02. The predicted molar refractivity (Wildman–Crippen MR) is 83.4 cm³/mol. The van der Waals surface area contributed by atoms with Crippen molar-refractivity contribution in [3.63, 3.8) is 0 Å². The van der Waals surface area contributed by atoms with E-state index in [2.05, 4.69) is 31.4 Å². The van der Waals surface area contributed by atoms with Crippen molar-refractivity contribution in [3.8, 4) is 0 Å². The van der Waals surface area contributed by atoms with E-state index in [4.69, 9.17) is 0 Å². The molecule has 0 rings (SSSR count). The molecular weight excluding hydrogens is 236 g/mol. The Kier molecular flexibility index (Phi) is 13.4. The number of hydrogen-bond acceptors (Lipinski definition) is 2. The fraction of sp³-hybridized carbons (Fsp3) is 0.938. The normalized spacial score (nSPS) is 10.9.